The number of carbonyl (C=O) groups is 1. The zero-order valence-electron chi connectivity index (χ0n) is 12.8. The molecule has 3 rings (SSSR count). The summed E-state index contributed by atoms with van der Waals surface area (Å²) in [5.41, 5.74) is 2.68. The first-order valence-corrected chi connectivity index (χ1v) is 7.88. The average molecular weight is 371 g/mol. The largest absolute Gasteiger partial charge is 0.355 e. The molecule has 0 aliphatic carbocycles. The summed E-state index contributed by atoms with van der Waals surface area (Å²) in [4.78, 5) is 13.2. The second-order valence-corrected chi connectivity index (χ2v) is 6.28. The first-order valence-electron chi connectivity index (χ1n) is 7.09. The summed E-state index contributed by atoms with van der Waals surface area (Å²) in [5.74, 6) is 0.672. The lowest BCUT2D eigenvalue weighted by atomic mass is 10.1. The van der Waals surface area contributed by atoms with Gasteiger partial charge in [0, 0.05) is 30.2 Å². The van der Waals surface area contributed by atoms with Gasteiger partial charge in [-0.25, -0.2) is 0 Å². The molecule has 1 amide bonds. The molecule has 2 aromatic carbocycles. The number of hydrogen-bond donors (Lipinski definition) is 0. The molecule has 1 heterocycles. The lowest BCUT2D eigenvalue weighted by molar-refractivity contribution is -0.123. The molecule has 116 valence electrons. The highest BCUT2D eigenvalue weighted by Crippen LogP contribution is 2.30. The molecule has 0 fully saturated rings. The van der Waals surface area contributed by atoms with Crippen LogP contribution in [0.25, 0.3) is 28.3 Å². The fourth-order valence-corrected chi connectivity index (χ4v) is 2.45. The van der Waals surface area contributed by atoms with E-state index in [9.17, 15) is 4.79 Å². The molecule has 0 radical (unpaired) electrons. The Bertz CT molecular complexity index is 880. The van der Waals surface area contributed by atoms with E-state index in [-0.39, 0.29) is 5.91 Å². The summed E-state index contributed by atoms with van der Waals surface area (Å²) in [5, 5.41) is 5.02. The van der Waals surface area contributed by atoms with Crippen molar-refractivity contribution < 1.29 is 9.32 Å². The van der Waals surface area contributed by atoms with E-state index in [1.54, 1.807) is 26.2 Å². The maximum absolute atomic E-state index is 11.7. The predicted molar refractivity (Wildman–Crippen MR) is 94.9 cm³/mol. The van der Waals surface area contributed by atoms with Crippen LogP contribution in [0.4, 0.5) is 0 Å². The van der Waals surface area contributed by atoms with E-state index in [0.29, 0.717) is 0 Å². The van der Waals surface area contributed by atoms with Crippen LogP contribution in [-0.2, 0) is 4.79 Å². The van der Waals surface area contributed by atoms with Crippen LogP contribution in [0.2, 0.25) is 0 Å². The minimum Gasteiger partial charge on any atom is -0.355 e. The quantitative estimate of drug-likeness (QED) is 0.643. The Kier molecular flexibility index (Phi) is 4.30. The second-order valence-electron chi connectivity index (χ2n) is 5.36. The topological polar surface area (TPSA) is 46.3 Å². The normalized spacial score (nSPS) is 11.3. The summed E-state index contributed by atoms with van der Waals surface area (Å²) >= 11 is 3.42. The van der Waals surface area contributed by atoms with Gasteiger partial charge in [0.05, 0.1) is 5.39 Å². The molecule has 0 N–H and O–H groups in total. The van der Waals surface area contributed by atoms with Crippen molar-refractivity contribution in [2.45, 2.75) is 0 Å². The van der Waals surface area contributed by atoms with Gasteiger partial charge in [-0.1, -0.05) is 27.2 Å². The highest BCUT2D eigenvalue weighted by Gasteiger charge is 2.11. The minimum atomic E-state index is -0.0523. The number of rotatable bonds is 3. The monoisotopic (exact) mass is 370 g/mol. The maximum atomic E-state index is 11.7. The predicted octanol–water partition coefficient (Wildman–Crippen LogP) is 4.36. The molecule has 0 aliphatic heterocycles. The van der Waals surface area contributed by atoms with Crippen molar-refractivity contribution in [1.29, 1.82) is 0 Å². The van der Waals surface area contributed by atoms with Gasteiger partial charge >= 0.3 is 0 Å². The Hall–Kier alpha value is -2.40. The first kappa shape index (κ1) is 15.5. The standard InChI is InChI=1S/C18H15BrN2O2/c1-21(2)17(22)10-4-12-3-9-16-15(11-12)18(23-20-16)13-5-7-14(19)8-6-13/h3-11H,1-2H3. The van der Waals surface area contributed by atoms with E-state index < -0.39 is 0 Å². The Balaban J connectivity index is 2.00. The molecule has 0 atom stereocenters. The molecular formula is C18H15BrN2O2. The van der Waals surface area contributed by atoms with Crippen molar-refractivity contribution >= 4 is 38.8 Å². The highest BCUT2D eigenvalue weighted by atomic mass is 79.9. The summed E-state index contributed by atoms with van der Waals surface area (Å²) in [7, 11) is 3.45. The number of halogens is 1. The molecular weight excluding hydrogens is 356 g/mol. The Morgan fingerprint density at radius 3 is 2.61 bits per heavy atom. The van der Waals surface area contributed by atoms with Gasteiger partial charge in [0.2, 0.25) is 5.91 Å². The zero-order valence-corrected chi connectivity index (χ0v) is 14.4. The summed E-state index contributed by atoms with van der Waals surface area (Å²) in [6.45, 7) is 0. The molecule has 5 heteroatoms. The molecule has 23 heavy (non-hydrogen) atoms. The van der Waals surface area contributed by atoms with Gasteiger partial charge in [0.25, 0.3) is 0 Å². The lowest BCUT2D eigenvalue weighted by Crippen LogP contribution is -2.18. The van der Waals surface area contributed by atoms with Crippen LogP contribution >= 0.6 is 15.9 Å². The van der Waals surface area contributed by atoms with Crippen molar-refractivity contribution in [3.8, 4) is 11.3 Å². The van der Waals surface area contributed by atoms with Crippen LogP contribution in [0.5, 0.6) is 0 Å². The van der Waals surface area contributed by atoms with Crippen molar-refractivity contribution in [3.05, 3.63) is 58.6 Å². The number of benzene rings is 2. The third-order valence-electron chi connectivity index (χ3n) is 3.47. The van der Waals surface area contributed by atoms with E-state index in [0.717, 1.165) is 32.3 Å². The van der Waals surface area contributed by atoms with Gasteiger partial charge in [-0.05, 0) is 48.0 Å². The smallest absolute Gasteiger partial charge is 0.246 e. The summed E-state index contributed by atoms with van der Waals surface area (Å²) in [6.07, 6.45) is 3.34. The fourth-order valence-electron chi connectivity index (χ4n) is 2.19. The molecule has 0 bridgehead atoms. The van der Waals surface area contributed by atoms with Crippen LogP contribution in [-0.4, -0.2) is 30.1 Å². The molecule has 3 aromatic rings. The van der Waals surface area contributed by atoms with Crippen LogP contribution in [0.3, 0.4) is 0 Å². The third-order valence-corrected chi connectivity index (χ3v) is 3.99. The summed E-state index contributed by atoms with van der Waals surface area (Å²) < 4.78 is 6.51. The molecule has 0 spiro atoms. The second kappa shape index (κ2) is 6.38. The van der Waals surface area contributed by atoms with E-state index in [1.807, 2.05) is 42.5 Å². The van der Waals surface area contributed by atoms with Crippen LogP contribution in [0.1, 0.15) is 5.56 Å². The number of likely N-dealkylation sites (N-methyl/N-ethyl adjacent to an activating group) is 1. The number of aromatic nitrogens is 1. The lowest BCUT2D eigenvalue weighted by Gasteiger charge is -2.05. The number of nitrogens with zero attached hydrogens (tertiary/aromatic N) is 2. The van der Waals surface area contributed by atoms with Crippen molar-refractivity contribution in [2.75, 3.05) is 14.1 Å². The number of fused-ring (bicyclic) bond motifs is 1. The molecule has 0 saturated carbocycles. The maximum Gasteiger partial charge on any atom is 0.246 e. The van der Waals surface area contributed by atoms with E-state index in [1.165, 1.54) is 4.90 Å². The van der Waals surface area contributed by atoms with Crippen molar-refractivity contribution in [3.63, 3.8) is 0 Å². The van der Waals surface area contributed by atoms with Crippen LogP contribution in [0.15, 0.2) is 57.5 Å². The van der Waals surface area contributed by atoms with Crippen molar-refractivity contribution in [1.82, 2.24) is 10.1 Å². The average Bonchev–Trinajstić information content (AvgIpc) is 2.96. The molecule has 0 unspecified atom stereocenters. The fraction of sp³-hybridized carbons (Fsp3) is 0.111. The van der Waals surface area contributed by atoms with Gasteiger partial charge in [0.15, 0.2) is 5.76 Å². The number of carbonyl (C=O) groups excluding carboxylic acids is 1. The van der Waals surface area contributed by atoms with Crippen LogP contribution in [0, 0.1) is 0 Å². The molecule has 4 nitrogen and oxygen atoms in total. The van der Waals surface area contributed by atoms with Gasteiger partial charge in [-0.2, -0.15) is 0 Å². The number of amides is 1. The van der Waals surface area contributed by atoms with Crippen LogP contribution < -0.4 is 0 Å². The third kappa shape index (κ3) is 3.35. The molecule has 1 aromatic heterocycles. The van der Waals surface area contributed by atoms with Crippen molar-refractivity contribution in [2.24, 2.45) is 0 Å². The van der Waals surface area contributed by atoms with Gasteiger partial charge in [-0.3, -0.25) is 4.79 Å². The van der Waals surface area contributed by atoms with Gasteiger partial charge in [0.1, 0.15) is 5.52 Å². The zero-order chi connectivity index (χ0) is 16.4. The highest BCUT2D eigenvalue weighted by molar-refractivity contribution is 9.10. The van der Waals surface area contributed by atoms with E-state index >= 15 is 0 Å². The Morgan fingerprint density at radius 1 is 1.17 bits per heavy atom. The molecule has 0 saturated heterocycles. The molecule has 0 aliphatic rings. The minimum absolute atomic E-state index is 0.0523. The Labute approximate surface area is 142 Å². The Morgan fingerprint density at radius 2 is 1.91 bits per heavy atom. The first-order chi connectivity index (χ1) is 11.0. The van der Waals surface area contributed by atoms with Gasteiger partial charge in [-0.15, -0.1) is 0 Å². The summed E-state index contributed by atoms with van der Waals surface area (Å²) in [6, 6.07) is 13.6. The van der Waals surface area contributed by atoms with E-state index in [2.05, 4.69) is 21.1 Å². The van der Waals surface area contributed by atoms with E-state index in [4.69, 9.17) is 4.52 Å². The SMILES string of the molecule is CN(C)C(=O)C=Cc1ccc2noc(-c3ccc(Br)cc3)c2c1. The number of hydrogen-bond acceptors (Lipinski definition) is 3. The van der Waals surface area contributed by atoms with Gasteiger partial charge < -0.3 is 9.42 Å².